The number of carbonyl (C=O) groups is 3. The van der Waals surface area contributed by atoms with Gasteiger partial charge in [-0.05, 0) is 32.1 Å². The van der Waals surface area contributed by atoms with Crippen molar-refractivity contribution in [3.63, 3.8) is 0 Å². The van der Waals surface area contributed by atoms with Crippen molar-refractivity contribution < 1.29 is 29.3 Å². The molecule has 4 unspecified atom stereocenters. The molecule has 178 valence electrons. The van der Waals surface area contributed by atoms with E-state index >= 15 is 0 Å². The molecule has 1 heterocycles. The molecule has 1 aliphatic carbocycles. The molecule has 1 saturated carbocycles. The smallest absolute Gasteiger partial charge is 0.306 e. The zero-order valence-corrected chi connectivity index (χ0v) is 20.0. The first-order chi connectivity index (χ1) is 14.7. The molecule has 0 bridgehead atoms. The lowest BCUT2D eigenvalue weighted by Crippen LogP contribution is -2.69. The largest absolute Gasteiger partial charge is 0.469 e. The summed E-state index contributed by atoms with van der Waals surface area (Å²) in [6.07, 6.45) is 7.70. The number of unbranched alkanes of at least 4 members (excludes halogenated alkanes) is 3. The third-order valence-corrected chi connectivity index (χ3v) is 8.08. The number of ether oxygens (including phenoxy) is 1. The number of esters is 1. The minimum atomic E-state index is -1.78. The normalized spacial score (nSPS) is 30.1. The van der Waals surface area contributed by atoms with Crippen molar-refractivity contribution in [3.8, 4) is 0 Å². The van der Waals surface area contributed by atoms with Crippen LogP contribution in [0.2, 0.25) is 0 Å². The Hall–Kier alpha value is -1.12. The first-order valence-corrected chi connectivity index (χ1v) is 12.7. The average molecular weight is 458 g/mol. The molecule has 4 atom stereocenters. The highest BCUT2D eigenvalue weighted by Gasteiger charge is 2.68. The molecule has 1 aliphatic heterocycles. The molecule has 1 amide bonds. The molecule has 0 aromatic heterocycles. The summed E-state index contributed by atoms with van der Waals surface area (Å²) in [4.78, 5) is 37.9. The van der Waals surface area contributed by atoms with Crippen molar-refractivity contribution in [2.45, 2.75) is 102 Å². The molecule has 2 aliphatic rings. The predicted molar refractivity (Wildman–Crippen MR) is 120 cm³/mol. The number of methoxy groups -OCH3 is 1. The molecule has 1 saturated heterocycles. The average Bonchev–Trinajstić information content (AvgIpc) is 2.96. The maximum absolute atomic E-state index is 13.5. The van der Waals surface area contributed by atoms with Gasteiger partial charge in [0.05, 0.1) is 25.6 Å². The summed E-state index contributed by atoms with van der Waals surface area (Å²) in [5.41, 5.74) is -3.50. The van der Waals surface area contributed by atoms with Crippen molar-refractivity contribution in [2.75, 3.05) is 12.9 Å². The van der Waals surface area contributed by atoms with Crippen LogP contribution in [0, 0.1) is 11.8 Å². The van der Waals surface area contributed by atoms with E-state index in [-0.39, 0.29) is 24.0 Å². The number of aliphatic hydroxyl groups excluding tert-OH is 1. The van der Waals surface area contributed by atoms with Gasteiger partial charge < -0.3 is 20.3 Å². The van der Waals surface area contributed by atoms with Gasteiger partial charge in [0.1, 0.15) is 5.60 Å². The minimum absolute atomic E-state index is 0.0407. The summed E-state index contributed by atoms with van der Waals surface area (Å²) >= 11 is 0.872. The number of rotatable bonds is 11. The maximum Gasteiger partial charge on any atom is 0.306 e. The Morgan fingerprint density at radius 3 is 2.52 bits per heavy atom. The number of amides is 1. The van der Waals surface area contributed by atoms with E-state index in [1.807, 2.05) is 0 Å². The highest BCUT2D eigenvalue weighted by molar-refractivity contribution is 8.13. The lowest BCUT2D eigenvalue weighted by molar-refractivity contribution is -0.145. The lowest BCUT2D eigenvalue weighted by Gasteiger charge is -2.46. The van der Waals surface area contributed by atoms with Crippen LogP contribution >= 0.6 is 11.8 Å². The van der Waals surface area contributed by atoms with Crippen molar-refractivity contribution in [1.29, 1.82) is 0 Å². The summed E-state index contributed by atoms with van der Waals surface area (Å²) < 4.78 is 4.63. The monoisotopic (exact) mass is 457 g/mol. The van der Waals surface area contributed by atoms with Gasteiger partial charge >= 0.3 is 5.97 Å². The van der Waals surface area contributed by atoms with E-state index in [0.717, 1.165) is 69.5 Å². The molecule has 0 aromatic carbocycles. The van der Waals surface area contributed by atoms with Crippen LogP contribution in [0.4, 0.5) is 0 Å². The van der Waals surface area contributed by atoms with Gasteiger partial charge in [-0.25, -0.2) is 0 Å². The van der Waals surface area contributed by atoms with Crippen LogP contribution in [-0.2, 0) is 19.1 Å². The van der Waals surface area contributed by atoms with Gasteiger partial charge in [-0.3, -0.25) is 14.4 Å². The fraction of sp³-hybridized carbons (Fsp3) is 0.870. The number of nitrogens with one attached hydrogen (secondary N) is 1. The SMILES string of the molecule is CCCCCCC1C(=O)NC(C(=O)SCCC(=O)OC)(C(O)C2CCCCC2)C1(C)O. The number of carbonyl (C=O) groups excluding carboxylic acids is 3. The summed E-state index contributed by atoms with van der Waals surface area (Å²) in [5.74, 6) is -1.56. The molecule has 2 fully saturated rings. The molecule has 3 N–H and O–H groups in total. The Bertz CT molecular complexity index is 634. The van der Waals surface area contributed by atoms with Crippen LogP contribution in [0.5, 0.6) is 0 Å². The Morgan fingerprint density at radius 1 is 1.23 bits per heavy atom. The topological polar surface area (TPSA) is 113 Å². The van der Waals surface area contributed by atoms with Gasteiger partial charge in [0.2, 0.25) is 11.0 Å². The Labute approximate surface area is 190 Å². The second-order valence-electron chi connectivity index (χ2n) is 9.15. The Balaban J connectivity index is 2.28. The van der Waals surface area contributed by atoms with Gasteiger partial charge in [-0.15, -0.1) is 0 Å². The summed E-state index contributed by atoms with van der Waals surface area (Å²) in [7, 11) is 1.29. The summed E-state index contributed by atoms with van der Waals surface area (Å²) in [6.45, 7) is 3.62. The molecule has 0 radical (unpaired) electrons. The van der Waals surface area contributed by atoms with Gasteiger partial charge in [0.15, 0.2) is 5.54 Å². The molecule has 0 spiro atoms. The van der Waals surface area contributed by atoms with Crippen LogP contribution in [0.25, 0.3) is 0 Å². The van der Waals surface area contributed by atoms with Crippen molar-refractivity contribution in [3.05, 3.63) is 0 Å². The van der Waals surface area contributed by atoms with Gasteiger partial charge in [-0.1, -0.05) is 63.6 Å². The Morgan fingerprint density at radius 2 is 1.90 bits per heavy atom. The van der Waals surface area contributed by atoms with Crippen molar-refractivity contribution in [1.82, 2.24) is 5.32 Å². The van der Waals surface area contributed by atoms with E-state index in [9.17, 15) is 24.6 Å². The van der Waals surface area contributed by atoms with Crippen LogP contribution in [-0.4, -0.2) is 57.3 Å². The first-order valence-electron chi connectivity index (χ1n) is 11.7. The molecule has 8 heteroatoms. The lowest BCUT2D eigenvalue weighted by atomic mass is 9.67. The second kappa shape index (κ2) is 11.7. The quantitative estimate of drug-likeness (QED) is 0.323. The predicted octanol–water partition coefficient (Wildman–Crippen LogP) is 2.96. The fourth-order valence-corrected chi connectivity index (χ4v) is 6.18. The molecule has 0 aromatic rings. The third kappa shape index (κ3) is 5.63. The van der Waals surface area contributed by atoms with Crippen molar-refractivity contribution in [2.24, 2.45) is 11.8 Å². The van der Waals surface area contributed by atoms with Gasteiger partial charge in [0, 0.05) is 5.75 Å². The number of aliphatic hydroxyl groups is 2. The highest BCUT2D eigenvalue weighted by atomic mass is 32.2. The highest BCUT2D eigenvalue weighted by Crippen LogP contribution is 2.47. The maximum atomic E-state index is 13.5. The summed E-state index contributed by atoms with van der Waals surface area (Å²) in [5, 5.41) is 25.4. The van der Waals surface area contributed by atoms with Crippen LogP contribution in [0.1, 0.15) is 84.5 Å². The fourth-order valence-electron chi connectivity index (χ4n) is 5.12. The van der Waals surface area contributed by atoms with Gasteiger partial charge in [0.25, 0.3) is 0 Å². The van der Waals surface area contributed by atoms with E-state index in [0.29, 0.717) is 6.42 Å². The van der Waals surface area contributed by atoms with Crippen molar-refractivity contribution >= 4 is 28.8 Å². The van der Waals surface area contributed by atoms with Gasteiger partial charge in [-0.2, -0.15) is 0 Å². The third-order valence-electron chi connectivity index (χ3n) is 7.09. The van der Waals surface area contributed by atoms with E-state index in [1.54, 1.807) is 0 Å². The molecule has 7 nitrogen and oxygen atoms in total. The number of hydrogen-bond donors (Lipinski definition) is 3. The zero-order valence-electron chi connectivity index (χ0n) is 19.2. The van der Waals surface area contributed by atoms with E-state index < -0.39 is 34.2 Å². The van der Waals surface area contributed by atoms with Crippen LogP contribution in [0.15, 0.2) is 0 Å². The molecule has 2 rings (SSSR count). The van der Waals surface area contributed by atoms with E-state index in [4.69, 9.17) is 0 Å². The molecule has 31 heavy (non-hydrogen) atoms. The second-order valence-corrected chi connectivity index (χ2v) is 10.2. The van der Waals surface area contributed by atoms with Crippen LogP contribution in [0.3, 0.4) is 0 Å². The van der Waals surface area contributed by atoms with Crippen LogP contribution < -0.4 is 5.32 Å². The molecular formula is C23H39NO6S. The molecular weight excluding hydrogens is 418 g/mol. The van der Waals surface area contributed by atoms with E-state index in [2.05, 4.69) is 17.0 Å². The standard InChI is InChI=1S/C23H39NO6S/c1-4-5-6-10-13-17-20(27)24-23(22(17,2)29,19(26)16-11-8-7-9-12-16)21(28)31-15-14-18(25)30-3/h16-17,19,26,29H,4-15H2,1-3H3,(H,24,27). The number of thioether (sulfide) groups is 1. The Kier molecular flexibility index (Phi) is 9.83. The number of hydrogen-bond acceptors (Lipinski definition) is 7. The summed E-state index contributed by atoms with van der Waals surface area (Å²) in [6, 6.07) is 0. The minimum Gasteiger partial charge on any atom is -0.469 e. The first kappa shape index (κ1) is 26.1. The zero-order chi connectivity index (χ0) is 23.1. The van der Waals surface area contributed by atoms with E-state index in [1.165, 1.54) is 14.0 Å².